The van der Waals surface area contributed by atoms with Gasteiger partial charge in [0, 0.05) is 5.39 Å². The number of nitrogen functional groups attached to an aromatic ring is 2. The van der Waals surface area contributed by atoms with Crippen LogP contribution >= 0.6 is 11.6 Å². The maximum Gasteiger partial charge on any atom is 0.163 e. The quantitative estimate of drug-likeness (QED) is 0.342. The molecule has 11 heteroatoms. The summed E-state index contributed by atoms with van der Waals surface area (Å²) in [6.45, 7) is 0. The summed E-state index contributed by atoms with van der Waals surface area (Å²) < 4.78 is 16.1. The minimum atomic E-state index is -1.11. The van der Waals surface area contributed by atoms with E-state index in [1.807, 2.05) is 0 Å². The van der Waals surface area contributed by atoms with Gasteiger partial charge in [-0.15, -0.1) is 0 Å². The van der Waals surface area contributed by atoms with Crippen molar-refractivity contribution in [1.82, 2.24) is 24.7 Å². The summed E-state index contributed by atoms with van der Waals surface area (Å²) in [6.07, 6.45) is 3.23. The van der Waals surface area contributed by atoms with Crippen LogP contribution in [0, 0.1) is 5.82 Å². The summed E-state index contributed by atoms with van der Waals surface area (Å²) in [6, 6.07) is 3.98. The number of aliphatic hydroxyl groups excluding tert-OH is 2. The molecule has 5 rings (SSSR count). The van der Waals surface area contributed by atoms with Gasteiger partial charge in [-0.25, -0.2) is 24.0 Å². The predicted molar refractivity (Wildman–Crippen MR) is 118 cm³/mol. The Hall–Kier alpha value is -3.34. The van der Waals surface area contributed by atoms with E-state index in [0.29, 0.717) is 40.5 Å². The number of aromatic nitrogens is 5. The number of nitrogens with zero attached hydrogens (tertiary/aromatic N) is 5. The van der Waals surface area contributed by atoms with Crippen molar-refractivity contribution in [2.24, 2.45) is 0 Å². The van der Waals surface area contributed by atoms with Crippen LogP contribution in [0.3, 0.4) is 0 Å². The number of benzene rings is 1. The van der Waals surface area contributed by atoms with Gasteiger partial charge in [-0.2, -0.15) is 5.10 Å². The van der Waals surface area contributed by atoms with E-state index < -0.39 is 24.1 Å². The molecule has 9 nitrogen and oxygen atoms in total. The molecule has 3 heterocycles. The van der Waals surface area contributed by atoms with Crippen LogP contribution in [0.5, 0.6) is 0 Å². The number of nitrogens with two attached hydrogens (primary N) is 2. The molecular formula is C21H19ClFN7O2. The van der Waals surface area contributed by atoms with Crippen LogP contribution in [-0.2, 0) is 6.42 Å². The normalized spacial score (nSPS) is 20.9. The highest BCUT2D eigenvalue weighted by Gasteiger charge is 2.36. The second-order valence-electron chi connectivity index (χ2n) is 7.75. The van der Waals surface area contributed by atoms with Crippen molar-refractivity contribution in [3.63, 3.8) is 0 Å². The van der Waals surface area contributed by atoms with Crippen molar-refractivity contribution in [3.8, 4) is 0 Å². The predicted octanol–water partition coefficient (Wildman–Crippen LogP) is 2.17. The fourth-order valence-electron chi connectivity index (χ4n) is 4.08. The lowest BCUT2D eigenvalue weighted by molar-refractivity contribution is 0.0292. The number of fused-ring (bicyclic) bond motifs is 2. The molecule has 0 aliphatic heterocycles. The van der Waals surface area contributed by atoms with Gasteiger partial charge in [-0.3, -0.25) is 0 Å². The van der Waals surface area contributed by atoms with Crippen LogP contribution in [0.4, 0.5) is 16.0 Å². The first-order chi connectivity index (χ1) is 15.3. The standard InChI is InChI=1S/C21H19ClFN7O2/c22-13-6-11-14(23)3-9(4-15(11)29-20(13)25)1-2-10-5-16(18(32)17(10)31)30-21-12(7-28-30)19(24)26-8-27-21/h3-8,16-18,31-32H,1-2H2,(H2,25,29)(H2,24,26,27)/t16?,17-,18+/m1/s1. The van der Waals surface area contributed by atoms with Gasteiger partial charge in [0.15, 0.2) is 5.65 Å². The molecule has 0 bridgehead atoms. The van der Waals surface area contributed by atoms with Crippen LogP contribution in [0.25, 0.3) is 21.9 Å². The molecule has 0 saturated heterocycles. The van der Waals surface area contributed by atoms with E-state index >= 15 is 0 Å². The summed E-state index contributed by atoms with van der Waals surface area (Å²) in [7, 11) is 0. The zero-order valence-corrected chi connectivity index (χ0v) is 17.4. The minimum Gasteiger partial charge on any atom is -0.387 e. The second-order valence-corrected chi connectivity index (χ2v) is 8.16. The highest BCUT2D eigenvalue weighted by Crippen LogP contribution is 2.34. The highest BCUT2D eigenvalue weighted by molar-refractivity contribution is 6.33. The summed E-state index contributed by atoms with van der Waals surface area (Å²) in [5.74, 6) is -0.0371. The molecular weight excluding hydrogens is 437 g/mol. The topological polar surface area (TPSA) is 149 Å². The molecule has 0 spiro atoms. The number of hydrogen-bond acceptors (Lipinski definition) is 8. The Morgan fingerprint density at radius 2 is 1.88 bits per heavy atom. The molecule has 3 aromatic heterocycles. The van der Waals surface area contributed by atoms with E-state index in [-0.39, 0.29) is 22.0 Å². The lowest BCUT2D eigenvalue weighted by atomic mass is 10.0. The monoisotopic (exact) mass is 455 g/mol. The fraction of sp³-hybridized carbons (Fsp3) is 0.238. The molecule has 0 saturated carbocycles. The van der Waals surface area contributed by atoms with Crippen LogP contribution in [0.15, 0.2) is 42.4 Å². The average Bonchev–Trinajstić information content (AvgIpc) is 3.31. The first-order valence-corrected chi connectivity index (χ1v) is 10.3. The molecule has 1 aromatic carbocycles. The minimum absolute atomic E-state index is 0.131. The van der Waals surface area contributed by atoms with Crippen molar-refractivity contribution in [1.29, 1.82) is 0 Å². The summed E-state index contributed by atoms with van der Waals surface area (Å²) in [5, 5.41) is 26.5. The Kier molecular flexibility index (Phi) is 4.92. The molecule has 0 radical (unpaired) electrons. The van der Waals surface area contributed by atoms with Crippen LogP contribution in [-0.4, -0.2) is 47.2 Å². The summed E-state index contributed by atoms with van der Waals surface area (Å²) >= 11 is 5.94. The third-order valence-corrected chi connectivity index (χ3v) is 6.07. The Morgan fingerprint density at radius 3 is 2.69 bits per heavy atom. The molecule has 6 N–H and O–H groups in total. The lowest BCUT2D eigenvalue weighted by Crippen LogP contribution is -2.30. The maximum atomic E-state index is 14.5. The summed E-state index contributed by atoms with van der Waals surface area (Å²) in [4.78, 5) is 12.3. The van der Waals surface area contributed by atoms with Crippen molar-refractivity contribution < 1.29 is 14.6 Å². The number of aryl methyl sites for hydroxylation is 1. The molecule has 164 valence electrons. The van der Waals surface area contributed by atoms with Crippen molar-refractivity contribution in [3.05, 3.63) is 58.8 Å². The number of halogens is 2. The Balaban J connectivity index is 1.42. The largest absolute Gasteiger partial charge is 0.387 e. The molecule has 3 atom stereocenters. The van der Waals surface area contributed by atoms with E-state index in [9.17, 15) is 14.6 Å². The maximum absolute atomic E-state index is 14.5. The first-order valence-electron chi connectivity index (χ1n) is 9.88. The van der Waals surface area contributed by atoms with Crippen molar-refractivity contribution in [2.75, 3.05) is 11.5 Å². The van der Waals surface area contributed by atoms with E-state index in [4.69, 9.17) is 23.1 Å². The second kappa shape index (κ2) is 7.66. The van der Waals surface area contributed by atoms with E-state index in [0.717, 1.165) is 0 Å². The zero-order valence-electron chi connectivity index (χ0n) is 16.7. The van der Waals surface area contributed by atoms with Gasteiger partial charge < -0.3 is 21.7 Å². The van der Waals surface area contributed by atoms with Crippen LogP contribution < -0.4 is 11.5 Å². The number of rotatable bonds is 4. The molecule has 1 aliphatic rings. The number of pyridine rings is 1. The SMILES string of the molecule is Nc1nc2cc(CCC3=CC(n4ncc5c(N)ncnc54)[C@H](O)[C@@H]3O)cc(F)c2cc1Cl. The van der Waals surface area contributed by atoms with Gasteiger partial charge in [-0.05, 0) is 42.2 Å². The van der Waals surface area contributed by atoms with Crippen molar-refractivity contribution in [2.45, 2.75) is 31.1 Å². The van der Waals surface area contributed by atoms with Crippen LogP contribution in [0.1, 0.15) is 18.0 Å². The Labute approximate surface area is 186 Å². The van der Waals surface area contributed by atoms with Gasteiger partial charge in [0.25, 0.3) is 0 Å². The Morgan fingerprint density at radius 1 is 1.06 bits per heavy atom. The van der Waals surface area contributed by atoms with Gasteiger partial charge >= 0.3 is 0 Å². The van der Waals surface area contributed by atoms with Gasteiger partial charge in [0.2, 0.25) is 0 Å². The van der Waals surface area contributed by atoms with Crippen molar-refractivity contribution >= 4 is 45.2 Å². The third-order valence-electron chi connectivity index (χ3n) is 5.77. The molecule has 0 amide bonds. The lowest BCUT2D eigenvalue weighted by Gasteiger charge is -2.18. The molecule has 1 unspecified atom stereocenters. The number of hydrogen-bond donors (Lipinski definition) is 4. The Bertz CT molecular complexity index is 1390. The van der Waals surface area contributed by atoms with Crippen LogP contribution in [0.2, 0.25) is 5.02 Å². The van der Waals surface area contributed by atoms with E-state index in [1.165, 1.54) is 29.3 Å². The smallest absolute Gasteiger partial charge is 0.163 e. The van der Waals surface area contributed by atoms with Gasteiger partial charge in [0.1, 0.15) is 42.0 Å². The van der Waals surface area contributed by atoms with E-state index in [1.54, 1.807) is 12.1 Å². The molecule has 4 aromatic rings. The van der Waals surface area contributed by atoms with Gasteiger partial charge in [-0.1, -0.05) is 17.7 Å². The van der Waals surface area contributed by atoms with Gasteiger partial charge in [0.05, 0.1) is 22.1 Å². The highest BCUT2D eigenvalue weighted by atomic mass is 35.5. The fourth-order valence-corrected chi connectivity index (χ4v) is 4.23. The molecule has 0 fully saturated rings. The average molecular weight is 456 g/mol. The number of aliphatic hydroxyl groups is 2. The first kappa shape index (κ1) is 20.6. The van der Waals surface area contributed by atoms with E-state index in [2.05, 4.69) is 20.1 Å². The molecule has 32 heavy (non-hydrogen) atoms. The molecule has 1 aliphatic carbocycles. The summed E-state index contributed by atoms with van der Waals surface area (Å²) in [5.41, 5.74) is 13.8. The zero-order chi connectivity index (χ0) is 22.6. The number of anilines is 2. The third kappa shape index (κ3) is 3.32.